The SMILES string of the molecule is CCNC(=NCc1ncnn1C)NC1C2CCOC2C12CCCC2. The lowest BCUT2D eigenvalue weighted by Crippen LogP contribution is -2.69. The van der Waals surface area contributed by atoms with Crippen molar-refractivity contribution < 1.29 is 4.74 Å². The van der Waals surface area contributed by atoms with E-state index in [1.807, 2.05) is 7.05 Å². The molecule has 2 aliphatic carbocycles. The van der Waals surface area contributed by atoms with Gasteiger partial charge in [0.2, 0.25) is 0 Å². The summed E-state index contributed by atoms with van der Waals surface area (Å²) in [6.07, 6.45) is 8.45. The quantitative estimate of drug-likeness (QED) is 0.640. The highest BCUT2D eigenvalue weighted by molar-refractivity contribution is 5.80. The Morgan fingerprint density at radius 3 is 3.00 bits per heavy atom. The Balaban J connectivity index is 1.49. The molecule has 1 aromatic rings. The van der Waals surface area contributed by atoms with Crippen LogP contribution in [0.25, 0.3) is 0 Å². The molecular weight excluding hydrogens is 304 g/mol. The van der Waals surface area contributed by atoms with Crippen molar-refractivity contribution in [3.05, 3.63) is 12.2 Å². The summed E-state index contributed by atoms with van der Waals surface area (Å²) >= 11 is 0. The predicted octanol–water partition coefficient (Wildman–Crippen LogP) is 1.22. The van der Waals surface area contributed by atoms with Crippen molar-refractivity contribution in [1.82, 2.24) is 25.4 Å². The van der Waals surface area contributed by atoms with Gasteiger partial charge in [0, 0.05) is 37.6 Å². The van der Waals surface area contributed by atoms with E-state index in [9.17, 15) is 0 Å². The number of aliphatic imine (C=N–C) groups is 1. The summed E-state index contributed by atoms with van der Waals surface area (Å²) in [4.78, 5) is 8.99. The first-order chi connectivity index (χ1) is 11.7. The van der Waals surface area contributed by atoms with Gasteiger partial charge in [-0.05, 0) is 26.2 Å². The number of aromatic nitrogens is 3. The highest BCUT2D eigenvalue weighted by Gasteiger charge is 2.65. The van der Waals surface area contributed by atoms with Gasteiger partial charge in [-0.25, -0.2) is 9.98 Å². The molecule has 0 amide bonds. The first-order valence-corrected chi connectivity index (χ1v) is 9.24. The highest BCUT2D eigenvalue weighted by Crippen LogP contribution is 2.60. The standard InChI is InChI=1S/C17H28N6O/c1-3-18-16(19-10-13-20-11-21-23(13)2)22-14-12-6-9-24-15(12)17(14)7-4-5-8-17/h11-12,14-15H,3-10H2,1-2H3,(H2,18,19,22). The first kappa shape index (κ1) is 15.9. The van der Waals surface area contributed by atoms with Crippen LogP contribution < -0.4 is 10.6 Å². The number of aryl methyl sites for hydroxylation is 1. The van der Waals surface area contributed by atoms with E-state index in [0.717, 1.165) is 24.9 Å². The molecule has 1 saturated heterocycles. The molecule has 0 bridgehead atoms. The van der Waals surface area contributed by atoms with Crippen molar-refractivity contribution in [3.8, 4) is 0 Å². The number of ether oxygens (including phenoxy) is 1. The predicted molar refractivity (Wildman–Crippen MR) is 91.5 cm³/mol. The van der Waals surface area contributed by atoms with Crippen molar-refractivity contribution in [2.45, 2.75) is 57.7 Å². The van der Waals surface area contributed by atoms with Gasteiger partial charge in [-0.1, -0.05) is 12.8 Å². The summed E-state index contributed by atoms with van der Waals surface area (Å²) in [6.45, 7) is 4.42. The molecule has 7 heteroatoms. The van der Waals surface area contributed by atoms with E-state index in [4.69, 9.17) is 9.73 Å². The zero-order chi connectivity index (χ0) is 16.6. The maximum atomic E-state index is 6.07. The summed E-state index contributed by atoms with van der Waals surface area (Å²) in [6, 6.07) is 0.491. The number of rotatable bonds is 4. The third-order valence-electron chi connectivity index (χ3n) is 6.11. The lowest BCUT2D eigenvalue weighted by atomic mass is 9.54. The largest absolute Gasteiger partial charge is 0.377 e. The summed E-state index contributed by atoms with van der Waals surface area (Å²) < 4.78 is 7.85. The van der Waals surface area contributed by atoms with Gasteiger partial charge >= 0.3 is 0 Å². The monoisotopic (exact) mass is 332 g/mol. The van der Waals surface area contributed by atoms with E-state index < -0.39 is 0 Å². The fourth-order valence-corrected chi connectivity index (χ4v) is 4.98. The van der Waals surface area contributed by atoms with E-state index in [-0.39, 0.29) is 0 Å². The van der Waals surface area contributed by atoms with Crippen LogP contribution in [0, 0.1) is 11.3 Å². The molecule has 1 aromatic heterocycles. The first-order valence-electron chi connectivity index (χ1n) is 9.24. The Hall–Kier alpha value is -1.63. The molecule has 0 aromatic carbocycles. The molecule has 132 valence electrons. The Labute approximate surface area is 143 Å². The molecular formula is C17H28N6O. The van der Waals surface area contributed by atoms with Gasteiger partial charge < -0.3 is 15.4 Å². The molecule has 4 rings (SSSR count). The van der Waals surface area contributed by atoms with E-state index in [1.165, 1.54) is 32.1 Å². The van der Waals surface area contributed by atoms with Gasteiger partial charge in [0.1, 0.15) is 18.7 Å². The Morgan fingerprint density at radius 1 is 1.46 bits per heavy atom. The van der Waals surface area contributed by atoms with Crippen LogP contribution in [0.3, 0.4) is 0 Å². The molecule has 1 aliphatic heterocycles. The Morgan fingerprint density at radius 2 is 2.29 bits per heavy atom. The van der Waals surface area contributed by atoms with Crippen LogP contribution >= 0.6 is 0 Å². The minimum atomic E-state index is 0.335. The van der Waals surface area contributed by atoms with Crippen molar-refractivity contribution in [2.24, 2.45) is 23.4 Å². The molecule has 3 atom stereocenters. The van der Waals surface area contributed by atoms with Gasteiger partial charge in [0.25, 0.3) is 0 Å². The number of guanidine groups is 1. The second-order valence-electron chi connectivity index (χ2n) is 7.30. The number of nitrogens with zero attached hydrogens (tertiary/aromatic N) is 4. The van der Waals surface area contributed by atoms with Crippen molar-refractivity contribution in [2.75, 3.05) is 13.2 Å². The summed E-state index contributed by atoms with van der Waals surface area (Å²) in [7, 11) is 1.90. The Kier molecular flexibility index (Phi) is 4.20. The smallest absolute Gasteiger partial charge is 0.191 e. The van der Waals surface area contributed by atoms with Gasteiger partial charge in [-0.2, -0.15) is 5.10 Å². The second-order valence-corrected chi connectivity index (χ2v) is 7.30. The highest BCUT2D eigenvalue weighted by atomic mass is 16.5. The Bertz CT molecular complexity index is 606. The molecule has 3 fully saturated rings. The zero-order valence-corrected chi connectivity index (χ0v) is 14.7. The average molecular weight is 332 g/mol. The van der Waals surface area contributed by atoms with E-state index in [0.29, 0.717) is 30.0 Å². The molecule has 2 saturated carbocycles. The summed E-state index contributed by atoms with van der Waals surface area (Å²) in [5, 5.41) is 11.2. The molecule has 7 nitrogen and oxygen atoms in total. The van der Waals surface area contributed by atoms with Crippen LogP contribution in [0.2, 0.25) is 0 Å². The molecule has 2 N–H and O–H groups in total. The molecule has 1 spiro atoms. The van der Waals surface area contributed by atoms with Gasteiger partial charge in [0.15, 0.2) is 5.96 Å². The van der Waals surface area contributed by atoms with Gasteiger partial charge in [0.05, 0.1) is 6.10 Å². The zero-order valence-electron chi connectivity index (χ0n) is 14.7. The fourth-order valence-electron chi connectivity index (χ4n) is 4.98. The third-order valence-corrected chi connectivity index (χ3v) is 6.11. The van der Waals surface area contributed by atoms with E-state index in [2.05, 4.69) is 27.6 Å². The van der Waals surface area contributed by atoms with Crippen molar-refractivity contribution in [1.29, 1.82) is 0 Å². The third kappa shape index (κ3) is 2.49. The number of hydrogen-bond acceptors (Lipinski definition) is 4. The van der Waals surface area contributed by atoms with Crippen LogP contribution in [-0.2, 0) is 18.3 Å². The molecule has 3 aliphatic rings. The topological polar surface area (TPSA) is 76.4 Å². The number of fused-ring (bicyclic) bond motifs is 2. The van der Waals surface area contributed by atoms with Crippen LogP contribution in [-0.4, -0.2) is 46.0 Å². The number of hydrogen-bond donors (Lipinski definition) is 2. The fraction of sp³-hybridized carbons (Fsp3) is 0.824. The normalized spacial score (nSPS) is 31.1. The lowest BCUT2D eigenvalue weighted by molar-refractivity contribution is -0.125. The van der Waals surface area contributed by atoms with Gasteiger partial charge in [-0.3, -0.25) is 4.68 Å². The van der Waals surface area contributed by atoms with Crippen LogP contribution in [0.4, 0.5) is 0 Å². The maximum Gasteiger partial charge on any atom is 0.191 e. The van der Waals surface area contributed by atoms with E-state index in [1.54, 1.807) is 11.0 Å². The van der Waals surface area contributed by atoms with Crippen molar-refractivity contribution in [3.63, 3.8) is 0 Å². The minimum Gasteiger partial charge on any atom is -0.377 e. The summed E-state index contributed by atoms with van der Waals surface area (Å²) in [5.41, 5.74) is 0.335. The molecule has 3 unspecified atom stereocenters. The minimum absolute atomic E-state index is 0.335. The molecule has 2 heterocycles. The van der Waals surface area contributed by atoms with Crippen LogP contribution in [0.5, 0.6) is 0 Å². The summed E-state index contributed by atoms with van der Waals surface area (Å²) in [5.74, 6) is 2.40. The maximum absolute atomic E-state index is 6.07. The van der Waals surface area contributed by atoms with Gasteiger partial charge in [-0.15, -0.1) is 0 Å². The molecule has 0 radical (unpaired) electrons. The number of nitrogens with one attached hydrogen (secondary N) is 2. The van der Waals surface area contributed by atoms with Crippen LogP contribution in [0.1, 0.15) is 44.9 Å². The van der Waals surface area contributed by atoms with Crippen LogP contribution in [0.15, 0.2) is 11.3 Å². The molecule has 24 heavy (non-hydrogen) atoms. The van der Waals surface area contributed by atoms with E-state index >= 15 is 0 Å². The lowest BCUT2D eigenvalue weighted by Gasteiger charge is -2.57. The van der Waals surface area contributed by atoms with Crippen molar-refractivity contribution >= 4 is 5.96 Å². The second kappa shape index (κ2) is 6.35. The average Bonchev–Trinajstić information content (AvgIpc) is 3.30.